The predicted octanol–water partition coefficient (Wildman–Crippen LogP) is 5.29. The van der Waals surface area contributed by atoms with Gasteiger partial charge in [-0.2, -0.15) is 0 Å². The van der Waals surface area contributed by atoms with Crippen molar-refractivity contribution >= 4 is 11.8 Å². The van der Waals surface area contributed by atoms with Gasteiger partial charge >= 0.3 is 0 Å². The average molecular weight is 500 g/mol. The Hall–Kier alpha value is -3.74. The number of rotatable bonds is 10. The van der Waals surface area contributed by atoms with Gasteiger partial charge in [-0.1, -0.05) is 74.5 Å². The highest BCUT2D eigenvalue weighted by molar-refractivity contribution is 5.87. The Morgan fingerprint density at radius 2 is 1.70 bits per heavy atom. The molecule has 3 atom stereocenters. The molecular formula is C30H37N5O2. The van der Waals surface area contributed by atoms with E-state index in [1.54, 1.807) is 6.08 Å². The molecule has 1 aliphatic rings. The van der Waals surface area contributed by atoms with Gasteiger partial charge in [-0.3, -0.25) is 9.59 Å². The fraction of sp³-hybridized carbons (Fsp3) is 0.400. The molecule has 2 heterocycles. The maximum Gasteiger partial charge on any atom is 0.224 e. The maximum atomic E-state index is 13.5. The largest absolute Gasteiger partial charge is 0.369 e. The summed E-state index contributed by atoms with van der Waals surface area (Å²) in [6.45, 7) is 8.64. The highest BCUT2D eigenvalue weighted by Crippen LogP contribution is 2.31. The number of nitrogens with one attached hydrogen (secondary N) is 1. The second-order valence-corrected chi connectivity index (χ2v) is 10.3. The average Bonchev–Trinajstić information content (AvgIpc) is 3.22. The van der Waals surface area contributed by atoms with Crippen LogP contribution in [0.4, 0.5) is 0 Å². The topological polar surface area (TPSA) is 103 Å². The Morgan fingerprint density at radius 3 is 2.35 bits per heavy atom. The zero-order valence-electron chi connectivity index (χ0n) is 21.8. The second kappa shape index (κ2) is 12.0. The number of allylic oxidation sites excluding steroid dienone is 1. The summed E-state index contributed by atoms with van der Waals surface area (Å²) in [6.07, 6.45) is 5.32. The van der Waals surface area contributed by atoms with Gasteiger partial charge in [0, 0.05) is 12.1 Å². The third-order valence-corrected chi connectivity index (χ3v) is 7.12. The van der Waals surface area contributed by atoms with Crippen molar-refractivity contribution in [3.05, 3.63) is 73.1 Å². The number of carbonyl (C=O) groups is 2. The van der Waals surface area contributed by atoms with Gasteiger partial charge in [0.2, 0.25) is 11.8 Å². The van der Waals surface area contributed by atoms with Crippen LogP contribution in [-0.4, -0.2) is 26.6 Å². The Labute approximate surface area is 219 Å². The Bertz CT molecular complexity index is 1220. The zero-order valence-corrected chi connectivity index (χ0v) is 21.8. The third-order valence-electron chi connectivity index (χ3n) is 7.12. The van der Waals surface area contributed by atoms with E-state index in [-0.39, 0.29) is 17.9 Å². The zero-order chi connectivity index (χ0) is 26.4. The number of hydrogen-bond donors (Lipinski definition) is 2. The number of primary amides is 1. The first kappa shape index (κ1) is 26.3. The molecule has 3 N–H and O–H groups in total. The van der Waals surface area contributed by atoms with Gasteiger partial charge in [0.05, 0.1) is 17.9 Å². The molecule has 37 heavy (non-hydrogen) atoms. The van der Waals surface area contributed by atoms with E-state index >= 15 is 0 Å². The highest BCUT2D eigenvalue weighted by Gasteiger charge is 2.34. The minimum Gasteiger partial charge on any atom is -0.369 e. The quantitative estimate of drug-likeness (QED) is 0.370. The van der Waals surface area contributed by atoms with Crippen LogP contribution < -0.4 is 11.1 Å². The summed E-state index contributed by atoms with van der Waals surface area (Å²) in [5.41, 5.74) is 8.99. The van der Waals surface area contributed by atoms with E-state index in [2.05, 4.69) is 63.1 Å². The van der Waals surface area contributed by atoms with Crippen molar-refractivity contribution in [2.45, 2.75) is 58.5 Å². The number of benzene rings is 2. The monoisotopic (exact) mass is 499 g/mol. The first-order valence-corrected chi connectivity index (χ1v) is 13.2. The smallest absolute Gasteiger partial charge is 0.224 e. The van der Waals surface area contributed by atoms with E-state index in [0.717, 1.165) is 48.6 Å². The Balaban J connectivity index is 1.58. The van der Waals surface area contributed by atoms with Gasteiger partial charge in [0.1, 0.15) is 0 Å². The molecule has 2 aromatic carbocycles. The molecule has 4 rings (SSSR count). The number of hydrogen-bond acceptors (Lipinski definition) is 4. The lowest BCUT2D eigenvalue weighted by molar-refractivity contribution is -0.134. The van der Waals surface area contributed by atoms with Gasteiger partial charge in [-0.25, -0.2) is 0 Å². The van der Waals surface area contributed by atoms with Crippen LogP contribution in [0.5, 0.6) is 0 Å². The molecule has 0 saturated heterocycles. The van der Waals surface area contributed by atoms with Crippen LogP contribution in [0, 0.1) is 17.8 Å². The lowest BCUT2D eigenvalue weighted by atomic mass is 9.82. The first-order valence-electron chi connectivity index (χ1n) is 13.2. The van der Waals surface area contributed by atoms with Crippen LogP contribution in [0.15, 0.2) is 67.3 Å². The van der Waals surface area contributed by atoms with Gasteiger partial charge in [-0.05, 0) is 49.1 Å². The molecular weight excluding hydrogens is 462 g/mol. The summed E-state index contributed by atoms with van der Waals surface area (Å²) in [7, 11) is 0. The number of amides is 2. The molecule has 0 aliphatic carbocycles. The summed E-state index contributed by atoms with van der Waals surface area (Å²) in [5, 5.41) is 12.3. The lowest BCUT2D eigenvalue weighted by Crippen LogP contribution is -2.42. The van der Waals surface area contributed by atoms with Crippen LogP contribution in [0.25, 0.3) is 22.5 Å². The van der Waals surface area contributed by atoms with Crippen LogP contribution in [0.1, 0.15) is 57.8 Å². The predicted molar refractivity (Wildman–Crippen MR) is 146 cm³/mol. The molecule has 0 radical (unpaired) electrons. The van der Waals surface area contributed by atoms with Gasteiger partial charge in [-0.15, -0.1) is 16.8 Å². The van der Waals surface area contributed by atoms with E-state index in [9.17, 15) is 9.59 Å². The standard InChI is InChI=1S/C30H37N5O2/c1-4-10-24(27(31)36)25(19-20(2)3)30(37)32-26-13-8-9-18-35-28(33-34-29(26)35)23-16-14-22(15-17-23)21-11-6-5-7-12-21/h4-7,11-12,14-17,20,24-26H,1,8-10,13,18-19H2,2-3H3,(H2,31,36)(H,32,37)/t24-,25+,26-/m0/s1. The summed E-state index contributed by atoms with van der Waals surface area (Å²) < 4.78 is 2.13. The van der Waals surface area contributed by atoms with Crippen LogP contribution in [-0.2, 0) is 16.1 Å². The number of carbonyl (C=O) groups excluding carboxylic acids is 2. The van der Waals surface area contributed by atoms with Crippen LogP contribution >= 0.6 is 0 Å². The fourth-order valence-corrected chi connectivity index (χ4v) is 5.23. The van der Waals surface area contributed by atoms with E-state index < -0.39 is 17.7 Å². The normalized spacial score (nSPS) is 16.9. The van der Waals surface area contributed by atoms with Crippen molar-refractivity contribution < 1.29 is 9.59 Å². The number of nitrogens with two attached hydrogens (primary N) is 1. The molecule has 0 unspecified atom stereocenters. The third kappa shape index (κ3) is 6.16. The van der Waals surface area contributed by atoms with E-state index in [0.29, 0.717) is 12.8 Å². The molecule has 7 heteroatoms. The fourth-order valence-electron chi connectivity index (χ4n) is 5.23. The molecule has 194 valence electrons. The van der Waals surface area contributed by atoms with Crippen LogP contribution in [0.2, 0.25) is 0 Å². The Kier molecular flexibility index (Phi) is 8.54. The number of fused-ring (bicyclic) bond motifs is 1. The van der Waals surface area contributed by atoms with Crippen LogP contribution in [0.3, 0.4) is 0 Å². The number of aromatic nitrogens is 3. The van der Waals surface area contributed by atoms with E-state index in [4.69, 9.17) is 5.73 Å². The molecule has 1 aromatic heterocycles. The lowest BCUT2D eigenvalue weighted by Gasteiger charge is -2.27. The van der Waals surface area contributed by atoms with Gasteiger partial charge in [0.15, 0.2) is 11.6 Å². The van der Waals surface area contributed by atoms with Crippen molar-refractivity contribution in [3.63, 3.8) is 0 Å². The number of nitrogens with zero attached hydrogens (tertiary/aromatic N) is 3. The second-order valence-electron chi connectivity index (χ2n) is 10.3. The SMILES string of the molecule is C=CC[C@H](C(N)=O)[C@@H](CC(C)C)C(=O)N[C@H]1CCCCn2c(-c3ccc(-c4ccccc4)cc3)nnc21. The van der Waals surface area contributed by atoms with Crippen molar-refractivity contribution in [3.8, 4) is 22.5 Å². The van der Waals surface area contributed by atoms with E-state index in [1.165, 1.54) is 5.56 Å². The summed E-state index contributed by atoms with van der Waals surface area (Å²) in [6, 6.07) is 18.3. The van der Waals surface area contributed by atoms with E-state index in [1.807, 2.05) is 32.0 Å². The molecule has 0 fully saturated rings. The van der Waals surface area contributed by atoms with Crippen molar-refractivity contribution in [1.82, 2.24) is 20.1 Å². The maximum absolute atomic E-state index is 13.5. The minimum absolute atomic E-state index is 0.158. The van der Waals surface area contributed by atoms with Gasteiger partial charge in [0.25, 0.3) is 0 Å². The molecule has 0 bridgehead atoms. The van der Waals surface area contributed by atoms with Gasteiger partial charge < -0.3 is 15.6 Å². The van der Waals surface area contributed by atoms with Crippen molar-refractivity contribution in [1.29, 1.82) is 0 Å². The van der Waals surface area contributed by atoms with Crippen molar-refractivity contribution in [2.75, 3.05) is 0 Å². The highest BCUT2D eigenvalue weighted by atomic mass is 16.2. The van der Waals surface area contributed by atoms with Crippen molar-refractivity contribution in [2.24, 2.45) is 23.5 Å². The molecule has 0 spiro atoms. The molecule has 2 amide bonds. The molecule has 3 aromatic rings. The minimum atomic E-state index is -0.581. The molecule has 1 aliphatic heterocycles. The Morgan fingerprint density at radius 1 is 1.03 bits per heavy atom. The summed E-state index contributed by atoms with van der Waals surface area (Å²) in [5.74, 6) is 0.0837. The first-order chi connectivity index (χ1) is 17.9. The molecule has 0 saturated carbocycles. The summed E-state index contributed by atoms with van der Waals surface area (Å²) in [4.78, 5) is 25.7. The summed E-state index contributed by atoms with van der Waals surface area (Å²) >= 11 is 0. The molecule has 7 nitrogen and oxygen atoms in total.